The second kappa shape index (κ2) is 9.28. The van der Waals surface area contributed by atoms with Crippen LogP contribution in [0.1, 0.15) is 22.3 Å². The van der Waals surface area contributed by atoms with Crippen molar-refractivity contribution in [3.05, 3.63) is 105 Å². The molecule has 0 heterocycles. The van der Waals surface area contributed by atoms with E-state index in [-0.39, 0.29) is 5.75 Å². The molecule has 1 nitrogen and oxygen atoms in total. The maximum absolute atomic E-state index is 11.1. The lowest BCUT2D eigenvalue weighted by molar-refractivity contribution is 0.476. The van der Waals surface area contributed by atoms with Gasteiger partial charge in [0.25, 0.3) is 0 Å². The maximum Gasteiger partial charge on any atom is 0.124 e. The summed E-state index contributed by atoms with van der Waals surface area (Å²) in [4.78, 5) is 0. The number of halogens is 2. The van der Waals surface area contributed by atoms with E-state index in [4.69, 9.17) is 23.2 Å². The first-order valence-corrected chi connectivity index (χ1v) is 12.6. The smallest absolute Gasteiger partial charge is 0.124 e. The predicted octanol–water partition coefficient (Wildman–Crippen LogP) is 7.36. The molecule has 4 aromatic carbocycles. The average Bonchev–Trinajstić information content (AvgIpc) is 2.79. The van der Waals surface area contributed by atoms with Crippen molar-refractivity contribution in [1.82, 2.24) is 0 Å². The molecule has 4 heteroatoms. The van der Waals surface area contributed by atoms with E-state index >= 15 is 0 Å². The zero-order chi connectivity index (χ0) is 23.0. The number of aromatic hydroxyl groups is 1. The van der Waals surface area contributed by atoms with Crippen LogP contribution in [0.3, 0.4) is 0 Å². The number of phenols is 1. The second-order valence-electron chi connectivity index (χ2n) is 8.06. The molecule has 0 aliphatic rings. The van der Waals surface area contributed by atoms with Gasteiger partial charge in [-0.1, -0.05) is 83.9 Å². The van der Waals surface area contributed by atoms with Crippen LogP contribution >= 0.6 is 31.1 Å². The molecule has 162 valence electrons. The third kappa shape index (κ3) is 4.06. The van der Waals surface area contributed by atoms with E-state index in [0.29, 0.717) is 5.02 Å². The third-order valence-corrected chi connectivity index (χ3v) is 9.47. The van der Waals surface area contributed by atoms with E-state index in [9.17, 15) is 5.11 Å². The molecule has 0 aliphatic carbocycles. The summed E-state index contributed by atoms with van der Waals surface area (Å²) in [6, 6.07) is 25.0. The minimum atomic E-state index is -0.890. The van der Waals surface area contributed by atoms with Crippen LogP contribution in [-0.4, -0.2) is 5.11 Å². The Bertz CT molecular complexity index is 1250. The van der Waals surface area contributed by atoms with Crippen molar-refractivity contribution in [3.63, 3.8) is 0 Å². The molecule has 0 aromatic heterocycles. The highest BCUT2D eigenvalue weighted by Crippen LogP contribution is 2.46. The number of rotatable bonds is 4. The van der Waals surface area contributed by atoms with Gasteiger partial charge < -0.3 is 5.11 Å². The van der Waals surface area contributed by atoms with Gasteiger partial charge in [0.05, 0.1) is 0 Å². The van der Waals surface area contributed by atoms with Gasteiger partial charge in [0.1, 0.15) is 5.75 Å². The van der Waals surface area contributed by atoms with Crippen molar-refractivity contribution in [2.45, 2.75) is 27.7 Å². The highest BCUT2D eigenvalue weighted by Gasteiger charge is 2.26. The van der Waals surface area contributed by atoms with Crippen LogP contribution in [0.4, 0.5) is 0 Å². The fourth-order valence-corrected chi connectivity index (χ4v) is 7.18. The third-order valence-electron chi connectivity index (χ3n) is 5.84. The molecule has 0 saturated carbocycles. The van der Waals surface area contributed by atoms with Gasteiger partial charge in [-0.25, -0.2) is 0 Å². The Kier molecular flexibility index (Phi) is 6.63. The van der Waals surface area contributed by atoms with E-state index in [2.05, 4.69) is 54.6 Å². The largest absolute Gasteiger partial charge is 0.507 e. The molecule has 0 saturated heterocycles. The summed E-state index contributed by atoms with van der Waals surface area (Å²) >= 11 is 13.4. The van der Waals surface area contributed by atoms with Crippen LogP contribution in [0.25, 0.3) is 11.1 Å². The molecule has 1 N–H and O–H groups in total. The molecule has 0 bridgehead atoms. The quantitative estimate of drug-likeness (QED) is 0.303. The standard InChI is InChI=1S/C28H25Cl2OP/c1-17-15-23(31)25(19(3)27(17)29)26-20(4)28(30)18(2)16-24(26)32(21-11-7-5-8-12-21)22-13-9-6-10-14-22/h5-16,31H,1-4H3. The first kappa shape index (κ1) is 22.9. The zero-order valence-electron chi connectivity index (χ0n) is 18.6. The van der Waals surface area contributed by atoms with E-state index in [1.807, 2.05) is 39.8 Å². The summed E-state index contributed by atoms with van der Waals surface area (Å²) in [5.74, 6) is 0.227. The summed E-state index contributed by atoms with van der Waals surface area (Å²) in [5.41, 5.74) is 5.43. The summed E-state index contributed by atoms with van der Waals surface area (Å²) in [6.45, 7) is 7.95. The van der Waals surface area contributed by atoms with Crippen molar-refractivity contribution in [2.75, 3.05) is 0 Å². The average molecular weight is 479 g/mol. The van der Waals surface area contributed by atoms with Gasteiger partial charge >= 0.3 is 0 Å². The molecular formula is C28H25Cl2OP. The second-order valence-corrected chi connectivity index (χ2v) is 11.0. The number of aryl methyl sites for hydroxylation is 2. The zero-order valence-corrected chi connectivity index (χ0v) is 21.0. The van der Waals surface area contributed by atoms with Gasteiger partial charge in [-0.15, -0.1) is 0 Å². The topological polar surface area (TPSA) is 20.2 Å². The lowest BCUT2D eigenvalue weighted by atomic mass is 9.93. The van der Waals surface area contributed by atoms with Crippen molar-refractivity contribution in [3.8, 4) is 16.9 Å². The molecule has 0 atom stereocenters. The highest BCUT2D eigenvalue weighted by molar-refractivity contribution is 7.80. The van der Waals surface area contributed by atoms with Crippen molar-refractivity contribution < 1.29 is 5.11 Å². The van der Waals surface area contributed by atoms with Crippen LogP contribution in [0.5, 0.6) is 5.75 Å². The molecule has 0 aliphatic heterocycles. The van der Waals surface area contributed by atoms with E-state index in [0.717, 1.165) is 43.7 Å². The lowest BCUT2D eigenvalue weighted by Gasteiger charge is -2.26. The summed E-state index contributed by atoms with van der Waals surface area (Å²) in [5, 5.41) is 16.1. The van der Waals surface area contributed by atoms with Crippen LogP contribution < -0.4 is 15.9 Å². The van der Waals surface area contributed by atoms with Crippen LogP contribution in [-0.2, 0) is 0 Å². The molecule has 4 aromatic rings. The van der Waals surface area contributed by atoms with E-state index in [1.165, 1.54) is 10.6 Å². The maximum atomic E-state index is 11.1. The molecule has 0 fully saturated rings. The minimum Gasteiger partial charge on any atom is -0.507 e. The molecule has 0 spiro atoms. The predicted molar refractivity (Wildman–Crippen MR) is 141 cm³/mol. The Hall–Kier alpha value is -2.31. The van der Waals surface area contributed by atoms with Crippen molar-refractivity contribution >= 4 is 47.0 Å². The minimum absolute atomic E-state index is 0.227. The van der Waals surface area contributed by atoms with Gasteiger partial charge in [-0.3, -0.25) is 0 Å². The SMILES string of the molecule is Cc1cc(O)c(-c2c(P(c3ccccc3)c3ccccc3)cc(C)c(Cl)c2C)c(C)c1Cl. The summed E-state index contributed by atoms with van der Waals surface area (Å²) in [6.07, 6.45) is 0. The Morgan fingerprint density at radius 1 is 0.625 bits per heavy atom. The van der Waals surface area contributed by atoms with Crippen LogP contribution in [0.2, 0.25) is 10.0 Å². The molecule has 0 radical (unpaired) electrons. The summed E-state index contributed by atoms with van der Waals surface area (Å²) in [7, 11) is -0.890. The van der Waals surface area contributed by atoms with Crippen molar-refractivity contribution in [1.29, 1.82) is 0 Å². The Morgan fingerprint density at radius 2 is 1.06 bits per heavy atom. The Morgan fingerprint density at radius 3 is 1.56 bits per heavy atom. The fraction of sp³-hybridized carbons (Fsp3) is 0.143. The Balaban J connectivity index is 2.13. The first-order chi connectivity index (χ1) is 15.3. The first-order valence-electron chi connectivity index (χ1n) is 10.5. The van der Waals surface area contributed by atoms with E-state index < -0.39 is 7.92 Å². The monoisotopic (exact) mass is 478 g/mol. The van der Waals surface area contributed by atoms with Crippen LogP contribution in [0.15, 0.2) is 72.8 Å². The van der Waals surface area contributed by atoms with Gasteiger partial charge in [-0.05, 0) is 91.5 Å². The normalized spacial score (nSPS) is 11.2. The van der Waals surface area contributed by atoms with Gasteiger partial charge in [0.15, 0.2) is 0 Å². The molecule has 4 rings (SSSR count). The Labute approximate surface area is 201 Å². The number of phenolic OH excluding ortho intramolecular Hbond substituents is 1. The van der Waals surface area contributed by atoms with E-state index in [1.54, 1.807) is 6.07 Å². The van der Waals surface area contributed by atoms with Crippen LogP contribution in [0, 0.1) is 27.7 Å². The number of hydrogen-bond acceptors (Lipinski definition) is 1. The number of hydrogen-bond donors (Lipinski definition) is 1. The molecule has 0 amide bonds. The fourth-order valence-electron chi connectivity index (χ4n) is 4.27. The van der Waals surface area contributed by atoms with Gasteiger partial charge in [-0.2, -0.15) is 0 Å². The summed E-state index contributed by atoms with van der Waals surface area (Å²) < 4.78 is 0. The lowest BCUT2D eigenvalue weighted by Crippen LogP contribution is -2.23. The molecule has 0 unspecified atom stereocenters. The van der Waals surface area contributed by atoms with Gasteiger partial charge in [0.2, 0.25) is 0 Å². The van der Waals surface area contributed by atoms with Crippen molar-refractivity contribution in [2.24, 2.45) is 0 Å². The molecular weight excluding hydrogens is 454 g/mol. The van der Waals surface area contributed by atoms with Gasteiger partial charge in [0, 0.05) is 15.6 Å². The highest BCUT2D eigenvalue weighted by atomic mass is 35.5. The molecule has 32 heavy (non-hydrogen) atoms. The number of benzene rings is 4.